The molecule has 0 unspecified atom stereocenters. The Balaban J connectivity index is 2.01. The van der Waals surface area contributed by atoms with Gasteiger partial charge in [-0.3, -0.25) is 4.79 Å². The first kappa shape index (κ1) is 18.6. The Morgan fingerprint density at radius 1 is 1.00 bits per heavy atom. The van der Waals surface area contributed by atoms with Crippen LogP contribution in [0.25, 0.3) is 0 Å². The zero-order chi connectivity index (χ0) is 18.3. The lowest BCUT2D eigenvalue weighted by Crippen LogP contribution is -2.30. The maximum atomic E-state index is 12.1. The minimum atomic E-state index is -3.86. The summed E-state index contributed by atoms with van der Waals surface area (Å²) in [5, 5.41) is 0. The van der Waals surface area contributed by atoms with E-state index < -0.39 is 28.5 Å². The third-order valence-corrected chi connectivity index (χ3v) is 4.48. The highest BCUT2D eigenvalue weighted by atomic mass is 32.2. The van der Waals surface area contributed by atoms with Crippen molar-refractivity contribution in [3.8, 4) is 5.75 Å². The van der Waals surface area contributed by atoms with Crippen molar-refractivity contribution >= 4 is 22.0 Å². The molecule has 0 aliphatic heterocycles. The molecule has 0 aliphatic carbocycles. The van der Waals surface area contributed by atoms with Crippen LogP contribution in [-0.2, 0) is 19.6 Å². The van der Waals surface area contributed by atoms with Crippen molar-refractivity contribution in [2.24, 2.45) is 0 Å². The lowest BCUT2D eigenvalue weighted by molar-refractivity contribution is -0.141. The third-order valence-electron chi connectivity index (χ3n) is 3.07. The number of benzene rings is 2. The molecular weight excluding hydrogens is 346 g/mol. The molecule has 1 N–H and O–H groups in total. The zero-order valence-corrected chi connectivity index (χ0v) is 14.3. The second-order valence-corrected chi connectivity index (χ2v) is 6.62. The molecule has 2 rings (SSSR count). The van der Waals surface area contributed by atoms with Gasteiger partial charge in [0.25, 0.3) is 0 Å². The molecule has 132 valence electrons. The summed E-state index contributed by atoms with van der Waals surface area (Å²) in [5.74, 6) is -1.01. The molecule has 0 aliphatic rings. The summed E-state index contributed by atoms with van der Waals surface area (Å²) in [6.07, 6.45) is 0. The predicted octanol–water partition coefficient (Wildman–Crippen LogP) is 1.75. The lowest BCUT2D eigenvalue weighted by atomic mass is 10.2. The predicted molar refractivity (Wildman–Crippen MR) is 89.7 cm³/mol. The molecular formula is C17H17NO6S. The first-order valence-electron chi connectivity index (χ1n) is 7.45. The van der Waals surface area contributed by atoms with Gasteiger partial charge in [-0.05, 0) is 43.3 Å². The molecule has 0 saturated carbocycles. The topological polar surface area (TPSA) is 98.8 Å². The molecule has 0 saturated heterocycles. The first-order valence-corrected chi connectivity index (χ1v) is 8.93. The molecule has 2 aromatic carbocycles. The second kappa shape index (κ2) is 8.41. The standard InChI is InChI=1S/C17H17NO6S/c1-2-23-16(19)12-18-25(21,22)15-10-8-14(9-11-15)24-17(20)13-6-4-3-5-7-13/h3-11,18H,2,12H2,1H3. The van der Waals surface area contributed by atoms with Crippen LogP contribution in [0.1, 0.15) is 17.3 Å². The number of sulfonamides is 1. The number of carbonyl (C=O) groups excluding carboxylic acids is 2. The van der Waals surface area contributed by atoms with Crippen molar-refractivity contribution in [2.75, 3.05) is 13.2 Å². The molecule has 0 aromatic heterocycles. The van der Waals surface area contributed by atoms with Crippen molar-refractivity contribution in [2.45, 2.75) is 11.8 Å². The fraction of sp³-hybridized carbons (Fsp3) is 0.176. The van der Waals surface area contributed by atoms with Crippen LogP contribution in [0.3, 0.4) is 0 Å². The summed E-state index contributed by atoms with van der Waals surface area (Å²) >= 11 is 0. The Bertz CT molecular complexity index is 831. The number of rotatable bonds is 7. The number of ether oxygens (including phenoxy) is 2. The molecule has 8 heteroatoms. The van der Waals surface area contributed by atoms with E-state index in [1.165, 1.54) is 24.3 Å². The molecule has 0 atom stereocenters. The van der Waals surface area contributed by atoms with Gasteiger partial charge in [0.05, 0.1) is 17.1 Å². The normalized spacial score (nSPS) is 10.9. The number of hydrogen-bond acceptors (Lipinski definition) is 6. The van der Waals surface area contributed by atoms with Crippen molar-refractivity contribution < 1.29 is 27.5 Å². The van der Waals surface area contributed by atoms with Gasteiger partial charge in [0.15, 0.2) is 0 Å². The van der Waals surface area contributed by atoms with Crippen molar-refractivity contribution in [1.29, 1.82) is 0 Å². The van der Waals surface area contributed by atoms with Crippen LogP contribution >= 0.6 is 0 Å². The van der Waals surface area contributed by atoms with Gasteiger partial charge in [0, 0.05) is 0 Å². The Morgan fingerprint density at radius 3 is 2.24 bits per heavy atom. The van der Waals surface area contributed by atoms with Crippen molar-refractivity contribution in [3.63, 3.8) is 0 Å². The number of hydrogen-bond donors (Lipinski definition) is 1. The molecule has 0 amide bonds. The lowest BCUT2D eigenvalue weighted by Gasteiger charge is -2.08. The zero-order valence-electron chi connectivity index (χ0n) is 13.5. The molecule has 0 bridgehead atoms. The third kappa shape index (κ3) is 5.40. The van der Waals surface area contributed by atoms with E-state index in [4.69, 9.17) is 4.74 Å². The van der Waals surface area contributed by atoms with Gasteiger partial charge in [-0.15, -0.1) is 0 Å². The SMILES string of the molecule is CCOC(=O)CNS(=O)(=O)c1ccc(OC(=O)c2ccccc2)cc1. The second-order valence-electron chi connectivity index (χ2n) is 4.86. The summed E-state index contributed by atoms with van der Waals surface area (Å²) < 4.78 is 36.1. The first-order chi connectivity index (χ1) is 11.9. The van der Waals surface area contributed by atoms with Crippen molar-refractivity contribution in [1.82, 2.24) is 4.72 Å². The quantitative estimate of drug-likeness (QED) is 0.594. The van der Waals surface area contributed by atoms with Crippen LogP contribution in [0.5, 0.6) is 5.75 Å². The van der Waals surface area contributed by atoms with Gasteiger partial charge < -0.3 is 9.47 Å². The summed E-state index contributed by atoms with van der Waals surface area (Å²) in [5.41, 5.74) is 0.385. The summed E-state index contributed by atoms with van der Waals surface area (Å²) in [6, 6.07) is 13.7. The summed E-state index contributed by atoms with van der Waals surface area (Å²) in [4.78, 5) is 23.1. The van der Waals surface area contributed by atoms with Gasteiger partial charge in [-0.1, -0.05) is 18.2 Å². The van der Waals surface area contributed by atoms with Crippen molar-refractivity contribution in [3.05, 3.63) is 60.2 Å². The van der Waals surface area contributed by atoms with Crippen LogP contribution in [0.2, 0.25) is 0 Å². The molecule has 0 heterocycles. The van der Waals surface area contributed by atoms with Crippen LogP contribution in [0, 0.1) is 0 Å². The highest BCUT2D eigenvalue weighted by Gasteiger charge is 2.16. The summed E-state index contributed by atoms with van der Waals surface area (Å²) in [7, 11) is -3.86. The number of carbonyl (C=O) groups is 2. The minimum absolute atomic E-state index is 0.0590. The fourth-order valence-electron chi connectivity index (χ4n) is 1.88. The molecule has 25 heavy (non-hydrogen) atoms. The van der Waals surface area contributed by atoms with E-state index in [2.05, 4.69) is 9.46 Å². The Labute approximate surface area is 145 Å². The fourth-order valence-corrected chi connectivity index (χ4v) is 2.85. The minimum Gasteiger partial charge on any atom is -0.465 e. The van der Waals surface area contributed by atoms with E-state index in [0.29, 0.717) is 5.56 Å². The molecule has 7 nitrogen and oxygen atoms in total. The monoisotopic (exact) mass is 363 g/mol. The largest absolute Gasteiger partial charge is 0.465 e. The van der Waals surface area contributed by atoms with E-state index in [1.807, 2.05) is 0 Å². The van der Waals surface area contributed by atoms with Gasteiger partial charge in [0.1, 0.15) is 12.3 Å². The van der Waals surface area contributed by atoms with Crippen LogP contribution in [-0.4, -0.2) is 33.5 Å². The number of nitrogens with one attached hydrogen (secondary N) is 1. The van der Waals surface area contributed by atoms with Crippen LogP contribution < -0.4 is 9.46 Å². The average Bonchev–Trinajstić information content (AvgIpc) is 2.61. The maximum absolute atomic E-state index is 12.1. The van der Waals surface area contributed by atoms with Gasteiger partial charge in [-0.2, -0.15) is 4.72 Å². The highest BCUT2D eigenvalue weighted by Crippen LogP contribution is 2.17. The Kier molecular flexibility index (Phi) is 6.26. The van der Waals surface area contributed by atoms with E-state index >= 15 is 0 Å². The van der Waals surface area contributed by atoms with E-state index in [1.54, 1.807) is 37.3 Å². The van der Waals surface area contributed by atoms with Gasteiger partial charge >= 0.3 is 11.9 Å². The van der Waals surface area contributed by atoms with E-state index in [-0.39, 0.29) is 17.3 Å². The summed E-state index contributed by atoms with van der Waals surface area (Å²) in [6.45, 7) is 1.34. The smallest absolute Gasteiger partial charge is 0.343 e. The average molecular weight is 363 g/mol. The van der Waals surface area contributed by atoms with Gasteiger partial charge in [-0.25, -0.2) is 13.2 Å². The molecule has 0 spiro atoms. The highest BCUT2D eigenvalue weighted by molar-refractivity contribution is 7.89. The van der Waals surface area contributed by atoms with E-state index in [0.717, 1.165) is 0 Å². The molecule has 0 fully saturated rings. The number of esters is 2. The van der Waals surface area contributed by atoms with Crippen LogP contribution in [0.15, 0.2) is 59.5 Å². The van der Waals surface area contributed by atoms with Gasteiger partial charge in [0.2, 0.25) is 10.0 Å². The molecule has 2 aromatic rings. The Morgan fingerprint density at radius 2 is 1.64 bits per heavy atom. The van der Waals surface area contributed by atoms with Crippen LogP contribution in [0.4, 0.5) is 0 Å². The van der Waals surface area contributed by atoms with E-state index in [9.17, 15) is 18.0 Å². The maximum Gasteiger partial charge on any atom is 0.343 e. The Hall–Kier alpha value is -2.71. The molecule has 0 radical (unpaired) electrons.